The van der Waals surface area contributed by atoms with Gasteiger partial charge in [0.25, 0.3) is 0 Å². The van der Waals surface area contributed by atoms with Gasteiger partial charge in [0.15, 0.2) is 4.98 Å². The molecule has 0 amide bonds. The van der Waals surface area contributed by atoms with E-state index in [9.17, 15) is 5.11 Å². The summed E-state index contributed by atoms with van der Waals surface area (Å²) in [6, 6.07) is 8.50. The summed E-state index contributed by atoms with van der Waals surface area (Å²) in [6.07, 6.45) is 0. The van der Waals surface area contributed by atoms with Crippen molar-refractivity contribution in [3.63, 3.8) is 0 Å². The van der Waals surface area contributed by atoms with Gasteiger partial charge in [0.1, 0.15) is 5.75 Å². The first-order valence-electron chi connectivity index (χ1n) is 4.39. The fraction of sp³-hybridized carbons (Fsp3) is 0.0909. The van der Waals surface area contributed by atoms with Gasteiger partial charge in [0.05, 0.1) is 7.11 Å². The van der Waals surface area contributed by atoms with E-state index in [0.29, 0.717) is 11.1 Å². The van der Waals surface area contributed by atoms with Crippen LogP contribution in [0.25, 0.3) is 15.7 Å². The van der Waals surface area contributed by atoms with Crippen LogP contribution in [0.2, 0.25) is 0 Å². The van der Waals surface area contributed by atoms with Crippen molar-refractivity contribution in [3.05, 3.63) is 35.3 Å². The second-order valence-corrected chi connectivity index (χ2v) is 3.07. The lowest BCUT2D eigenvalue weighted by Gasteiger charge is -2.10. The van der Waals surface area contributed by atoms with Crippen LogP contribution in [0.4, 0.5) is 5.69 Å². The first-order valence-corrected chi connectivity index (χ1v) is 4.39. The highest BCUT2D eigenvalue weighted by atomic mass is 16.5. The molecule has 0 spiro atoms. The van der Waals surface area contributed by atoms with Gasteiger partial charge < -0.3 is 9.84 Å². The molecule has 2 aromatic carbocycles. The Morgan fingerprint density at radius 3 is 2.73 bits per heavy atom. The Labute approximate surface area is 86.3 Å². The number of diazo groups is 1. The van der Waals surface area contributed by atoms with Crippen LogP contribution in [-0.4, -0.2) is 7.11 Å². The zero-order valence-corrected chi connectivity index (χ0v) is 8.10. The van der Waals surface area contributed by atoms with Gasteiger partial charge >= 0.3 is 5.69 Å². The molecule has 2 aromatic rings. The molecule has 4 heteroatoms. The Morgan fingerprint density at radius 2 is 2.07 bits per heavy atom. The molecule has 4 nitrogen and oxygen atoms in total. The second-order valence-electron chi connectivity index (χ2n) is 3.07. The molecule has 15 heavy (non-hydrogen) atoms. The van der Waals surface area contributed by atoms with Gasteiger partial charge in [0.2, 0.25) is 5.39 Å². The fourth-order valence-electron chi connectivity index (χ4n) is 1.55. The Kier molecular flexibility index (Phi) is 2.14. The first kappa shape index (κ1) is 9.28. The molecule has 0 fully saturated rings. The lowest BCUT2D eigenvalue weighted by molar-refractivity contribution is -0.264. The quantitative estimate of drug-likeness (QED) is 0.664. The molecule has 2 rings (SSSR count). The lowest BCUT2D eigenvalue weighted by Crippen LogP contribution is -1.94. The van der Waals surface area contributed by atoms with Crippen molar-refractivity contribution in [3.8, 4) is 11.5 Å². The number of hydrogen-bond acceptors (Lipinski definition) is 3. The third-order valence-corrected chi connectivity index (χ3v) is 2.27. The normalized spacial score (nSPS) is 9.87. The highest BCUT2D eigenvalue weighted by Gasteiger charge is 2.11. The Hall–Kier alpha value is -2.28. The van der Waals surface area contributed by atoms with Crippen molar-refractivity contribution in [1.29, 1.82) is 5.39 Å². The first-order chi connectivity index (χ1) is 7.27. The van der Waals surface area contributed by atoms with Crippen molar-refractivity contribution < 1.29 is 9.84 Å². The predicted octanol–water partition coefficient (Wildman–Crippen LogP) is 2.41. The molecule has 0 radical (unpaired) electrons. The summed E-state index contributed by atoms with van der Waals surface area (Å²) in [4.78, 5) is 2.93. The van der Waals surface area contributed by atoms with Crippen molar-refractivity contribution >= 4 is 16.5 Å². The maximum atomic E-state index is 11.8. The number of rotatable bonds is 1. The van der Waals surface area contributed by atoms with Gasteiger partial charge in [0, 0.05) is 17.2 Å². The van der Waals surface area contributed by atoms with Gasteiger partial charge in [-0.1, -0.05) is 12.1 Å². The Bertz CT molecular complexity index is 558. The van der Waals surface area contributed by atoms with Crippen LogP contribution in [0, 0.1) is 5.39 Å². The summed E-state index contributed by atoms with van der Waals surface area (Å²) in [5, 5.41) is 21.6. The minimum absolute atomic E-state index is 0.0204. The molecule has 0 unspecified atom stereocenters. The second kappa shape index (κ2) is 3.46. The largest absolute Gasteiger partial charge is 0.867 e. The third kappa shape index (κ3) is 1.34. The van der Waals surface area contributed by atoms with E-state index in [0.717, 1.165) is 5.39 Å². The molecule has 0 saturated carbocycles. The van der Waals surface area contributed by atoms with E-state index in [1.807, 2.05) is 0 Å². The third-order valence-electron chi connectivity index (χ3n) is 2.27. The van der Waals surface area contributed by atoms with Crippen molar-refractivity contribution in [2.24, 2.45) is 0 Å². The maximum absolute atomic E-state index is 11.8. The van der Waals surface area contributed by atoms with Crippen LogP contribution in [0.1, 0.15) is 0 Å². The highest BCUT2D eigenvalue weighted by Crippen LogP contribution is 2.37. The van der Waals surface area contributed by atoms with Crippen molar-refractivity contribution in [1.82, 2.24) is 0 Å². The van der Waals surface area contributed by atoms with Gasteiger partial charge in [-0.25, -0.2) is 0 Å². The van der Waals surface area contributed by atoms with Crippen LogP contribution in [0.15, 0.2) is 30.3 Å². The number of nitrogens with zero attached hydrogens (tertiary/aromatic N) is 2. The number of hydrogen-bond donors (Lipinski definition) is 0. The molecule has 0 N–H and O–H groups in total. The van der Waals surface area contributed by atoms with Crippen LogP contribution < -0.4 is 9.84 Å². The monoisotopic (exact) mass is 200 g/mol. The van der Waals surface area contributed by atoms with E-state index < -0.39 is 0 Å². The molecule has 0 saturated heterocycles. The molecular weight excluding hydrogens is 192 g/mol. The minimum Gasteiger partial charge on any atom is -0.867 e. The molecule has 0 aliphatic rings. The van der Waals surface area contributed by atoms with Crippen LogP contribution >= 0.6 is 0 Å². The van der Waals surface area contributed by atoms with Gasteiger partial charge in [-0.05, 0) is 17.5 Å². The zero-order valence-electron chi connectivity index (χ0n) is 8.10. The topological polar surface area (TPSA) is 60.4 Å². The van der Waals surface area contributed by atoms with Crippen LogP contribution in [0.5, 0.6) is 11.5 Å². The van der Waals surface area contributed by atoms with E-state index in [1.165, 1.54) is 13.2 Å². The van der Waals surface area contributed by atoms with Gasteiger partial charge in [-0.2, -0.15) is 0 Å². The molecule has 0 bridgehead atoms. The molecule has 74 valence electrons. The summed E-state index contributed by atoms with van der Waals surface area (Å²) in [6.45, 7) is 0. The molecular formula is C11H8N2O2. The van der Waals surface area contributed by atoms with E-state index in [1.54, 1.807) is 24.3 Å². The molecule has 0 atom stereocenters. The smallest absolute Gasteiger partial charge is 0.378 e. The van der Waals surface area contributed by atoms with E-state index >= 15 is 0 Å². The average Bonchev–Trinajstić information content (AvgIpc) is 2.29. The standard InChI is InChI=1S/C11H8N2O2/c1-15-9-4-2-3-7-5-6-8(13-12)11(14)10(7)9/h2-6H,1H3. The van der Waals surface area contributed by atoms with E-state index in [-0.39, 0.29) is 11.4 Å². The summed E-state index contributed by atoms with van der Waals surface area (Å²) in [5.74, 6) is 0.162. The van der Waals surface area contributed by atoms with Gasteiger partial charge in [-0.15, -0.1) is 0 Å². The summed E-state index contributed by atoms with van der Waals surface area (Å²) in [7, 11) is 1.50. The fourth-order valence-corrected chi connectivity index (χ4v) is 1.55. The van der Waals surface area contributed by atoms with Crippen molar-refractivity contribution in [2.45, 2.75) is 0 Å². The molecule has 0 aliphatic carbocycles. The van der Waals surface area contributed by atoms with Gasteiger partial charge in [-0.3, -0.25) is 0 Å². The number of ether oxygens (including phenoxy) is 1. The van der Waals surface area contributed by atoms with E-state index in [4.69, 9.17) is 10.1 Å². The average molecular weight is 200 g/mol. The van der Waals surface area contributed by atoms with Crippen LogP contribution in [-0.2, 0) is 0 Å². The Balaban J connectivity index is 2.90. The molecule has 0 aliphatic heterocycles. The summed E-state index contributed by atoms with van der Waals surface area (Å²) in [5.41, 5.74) is 0.0204. The van der Waals surface area contributed by atoms with Crippen molar-refractivity contribution in [2.75, 3.05) is 7.11 Å². The number of fused-ring (bicyclic) bond motifs is 1. The summed E-state index contributed by atoms with van der Waals surface area (Å²) >= 11 is 0. The molecule has 0 heterocycles. The minimum atomic E-state index is -0.326. The molecule has 0 aromatic heterocycles. The summed E-state index contributed by atoms with van der Waals surface area (Å²) < 4.78 is 5.08. The number of benzene rings is 2. The number of methoxy groups -OCH3 is 1. The van der Waals surface area contributed by atoms with Crippen LogP contribution in [0.3, 0.4) is 0 Å². The zero-order chi connectivity index (χ0) is 10.8. The SMILES string of the molecule is COc1cccc2ccc([N+]#N)c([O-])c12. The van der Waals surface area contributed by atoms with E-state index in [2.05, 4.69) is 4.98 Å². The predicted molar refractivity (Wildman–Crippen MR) is 54.7 cm³/mol. The lowest BCUT2D eigenvalue weighted by atomic mass is 10.1. The highest BCUT2D eigenvalue weighted by molar-refractivity contribution is 5.97. The Morgan fingerprint density at radius 1 is 1.27 bits per heavy atom. The maximum Gasteiger partial charge on any atom is 0.378 e.